The molecule has 1 aromatic carbocycles. The molecule has 0 spiro atoms. The molecule has 6 nitrogen and oxygen atoms in total. The van der Waals surface area contributed by atoms with E-state index in [1.165, 1.54) is 0 Å². The number of furan rings is 1. The smallest absolute Gasteiger partial charge is 0.252 e. The highest BCUT2D eigenvalue weighted by molar-refractivity contribution is 6.07. The summed E-state index contributed by atoms with van der Waals surface area (Å²) in [6.45, 7) is 3.84. The van der Waals surface area contributed by atoms with Crippen LogP contribution in [0.4, 0.5) is 0 Å². The minimum absolute atomic E-state index is 0.101. The first kappa shape index (κ1) is 18.2. The fourth-order valence-corrected chi connectivity index (χ4v) is 3.56. The lowest BCUT2D eigenvalue weighted by Gasteiger charge is -2.15. The van der Waals surface area contributed by atoms with Gasteiger partial charge in [-0.3, -0.25) is 9.59 Å². The van der Waals surface area contributed by atoms with Crippen molar-refractivity contribution in [1.82, 2.24) is 15.2 Å². The van der Waals surface area contributed by atoms with Crippen molar-refractivity contribution in [3.05, 3.63) is 53.8 Å². The van der Waals surface area contributed by atoms with Gasteiger partial charge in [0.2, 0.25) is 5.91 Å². The molecule has 1 N–H and O–H groups in total. The van der Waals surface area contributed by atoms with Crippen molar-refractivity contribution in [2.45, 2.75) is 26.2 Å². The number of nitrogens with one attached hydrogen (secondary N) is 1. The van der Waals surface area contributed by atoms with Crippen LogP contribution in [0.2, 0.25) is 0 Å². The average Bonchev–Trinajstić information content (AvgIpc) is 3.39. The number of likely N-dealkylation sites (tertiary alicyclic amines) is 1. The number of fused-ring (bicyclic) bond motifs is 1. The standard InChI is InChI=1S/C22H23N3O3/c1-15-8-9-20(28-15)19-14-17(16-6-2-3-7-18(16)24-19)22(27)23-11-10-21(26)25-12-4-5-13-25/h2-3,6-9,14H,4-5,10-13H2,1H3,(H,23,27). The van der Waals surface area contributed by atoms with Gasteiger partial charge in [0.25, 0.3) is 5.91 Å². The molecule has 2 amide bonds. The highest BCUT2D eigenvalue weighted by atomic mass is 16.3. The van der Waals surface area contributed by atoms with Crippen LogP contribution in [-0.4, -0.2) is 41.3 Å². The van der Waals surface area contributed by atoms with Crippen LogP contribution in [0.25, 0.3) is 22.4 Å². The van der Waals surface area contributed by atoms with Gasteiger partial charge in [-0.25, -0.2) is 4.98 Å². The van der Waals surface area contributed by atoms with Crippen molar-refractivity contribution in [3.8, 4) is 11.5 Å². The highest BCUT2D eigenvalue weighted by Crippen LogP contribution is 2.26. The minimum atomic E-state index is -0.211. The SMILES string of the molecule is Cc1ccc(-c2cc(C(=O)NCCC(=O)N3CCCC3)c3ccccc3n2)o1. The first-order valence-electron chi connectivity index (χ1n) is 9.64. The predicted octanol–water partition coefficient (Wildman–Crippen LogP) is 3.55. The normalized spacial score (nSPS) is 13.8. The van der Waals surface area contributed by atoms with Crippen molar-refractivity contribution in [2.75, 3.05) is 19.6 Å². The Bertz CT molecular complexity index is 1020. The van der Waals surface area contributed by atoms with Gasteiger partial charge in [-0.15, -0.1) is 0 Å². The zero-order chi connectivity index (χ0) is 19.5. The average molecular weight is 377 g/mol. The lowest BCUT2D eigenvalue weighted by molar-refractivity contribution is -0.129. The number of aromatic nitrogens is 1. The summed E-state index contributed by atoms with van der Waals surface area (Å²) in [6.07, 6.45) is 2.45. The summed E-state index contributed by atoms with van der Waals surface area (Å²) in [7, 11) is 0. The van der Waals surface area contributed by atoms with Crippen LogP contribution in [0.1, 0.15) is 35.4 Å². The van der Waals surface area contributed by atoms with E-state index in [1.54, 1.807) is 6.07 Å². The van der Waals surface area contributed by atoms with Crippen LogP contribution in [0, 0.1) is 6.92 Å². The Morgan fingerprint density at radius 2 is 1.93 bits per heavy atom. The largest absolute Gasteiger partial charge is 0.460 e. The first-order chi connectivity index (χ1) is 13.6. The topological polar surface area (TPSA) is 75.4 Å². The van der Waals surface area contributed by atoms with Gasteiger partial charge >= 0.3 is 0 Å². The van der Waals surface area contributed by atoms with E-state index in [4.69, 9.17) is 4.42 Å². The lowest BCUT2D eigenvalue weighted by Crippen LogP contribution is -2.32. The van der Waals surface area contributed by atoms with Crippen LogP contribution in [-0.2, 0) is 4.79 Å². The van der Waals surface area contributed by atoms with Crippen molar-refractivity contribution < 1.29 is 14.0 Å². The Kier molecular flexibility index (Phi) is 5.10. The number of hydrogen-bond acceptors (Lipinski definition) is 4. The fourth-order valence-electron chi connectivity index (χ4n) is 3.56. The van der Waals surface area contributed by atoms with Gasteiger partial charge in [0.1, 0.15) is 11.5 Å². The van der Waals surface area contributed by atoms with Gasteiger partial charge in [0.15, 0.2) is 5.76 Å². The molecule has 1 fully saturated rings. The molecule has 1 aliphatic heterocycles. The van der Waals surface area contributed by atoms with E-state index < -0.39 is 0 Å². The Hall–Kier alpha value is -3.15. The fraction of sp³-hybridized carbons (Fsp3) is 0.318. The number of aryl methyl sites for hydroxylation is 1. The summed E-state index contributed by atoms with van der Waals surface area (Å²) in [5, 5.41) is 3.66. The van der Waals surface area contributed by atoms with Crippen LogP contribution < -0.4 is 5.32 Å². The molecule has 0 radical (unpaired) electrons. The zero-order valence-corrected chi connectivity index (χ0v) is 15.9. The molecule has 1 aliphatic rings. The number of amides is 2. The molecule has 0 saturated carbocycles. The number of para-hydroxylation sites is 1. The number of rotatable bonds is 5. The van der Waals surface area contributed by atoms with Crippen LogP contribution in [0.5, 0.6) is 0 Å². The Labute approximate surface area is 163 Å². The molecule has 2 aromatic heterocycles. The molecule has 1 saturated heterocycles. The van der Waals surface area contributed by atoms with Crippen molar-refractivity contribution in [1.29, 1.82) is 0 Å². The Morgan fingerprint density at radius 3 is 2.68 bits per heavy atom. The molecule has 3 heterocycles. The van der Waals surface area contributed by atoms with Crippen molar-refractivity contribution in [2.24, 2.45) is 0 Å². The molecule has 144 valence electrons. The number of nitrogens with zero attached hydrogens (tertiary/aromatic N) is 2. The second kappa shape index (κ2) is 7.84. The van der Waals surface area contributed by atoms with E-state index in [-0.39, 0.29) is 11.8 Å². The quantitative estimate of drug-likeness (QED) is 0.738. The summed E-state index contributed by atoms with van der Waals surface area (Å²) in [4.78, 5) is 31.5. The zero-order valence-electron chi connectivity index (χ0n) is 15.9. The highest BCUT2D eigenvalue weighted by Gasteiger charge is 2.19. The van der Waals surface area contributed by atoms with Gasteiger partial charge in [-0.2, -0.15) is 0 Å². The molecule has 4 rings (SSSR count). The number of carbonyl (C=O) groups is 2. The van der Waals surface area contributed by atoms with E-state index in [1.807, 2.05) is 48.2 Å². The van der Waals surface area contributed by atoms with Crippen molar-refractivity contribution >= 4 is 22.7 Å². The predicted molar refractivity (Wildman–Crippen MR) is 107 cm³/mol. The molecular formula is C22H23N3O3. The number of hydrogen-bond donors (Lipinski definition) is 1. The van der Waals surface area contributed by atoms with E-state index in [0.29, 0.717) is 30.0 Å². The maximum absolute atomic E-state index is 12.9. The molecule has 3 aromatic rings. The Morgan fingerprint density at radius 1 is 1.14 bits per heavy atom. The van der Waals surface area contributed by atoms with Gasteiger partial charge in [-0.05, 0) is 44.0 Å². The Balaban J connectivity index is 1.54. The molecule has 0 bridgehead atoms. The minimum Gasteiger partial charge on any atom is -0.460 e. The number of benzene rings is 1. The van der Waals surface area contributed by atoms with Gasteiger partial charge in [0.05, 0.1) is 11.1 Å². The molecule has 6 heteroatoms. The van der Waals surface area contributed by atoms with Gasteiger partial charge in [0, 0.05) is 31.4 Å². The number of carbonyl (C=O) groups excluding carboxylic acids is 2. The summed E-state index contributed by atoms with van der Waals surface area (Å²) in [6, 6.07) is 13.0. The second-order valence-electron chi connectivity index (χ2n) is 7.08. The monoisotopic (exact) mass is 377 g/mol. The van der Waals surface area contributed by atoms with E-state index in [2.05, 4.69) is 10.3 Å². The van der Waals surface area contributed by atoms with Crippen molar-refractivity contribution in [3.63, 3.8) is 0 Å². The molecule has 0 atom stereocenters. The molecular weight excluding hydrogens is 354 g/mol. The second-order valence-corrected chi connectivity index (χ2v) is 7.08. The van der Waals surface area contributed by atoms with Crippen LogP contribution in [0.15, 0.2) is 46.9 Å². The van der Waals surface area contributed by atoms with Gasteiger partial charge < -0.3 is 14.6 Å². The summed E-state index contributed by atoms with van der Waals surface area (Å²) in [5.74, 6) is 1.30. The summed E-state index contributed by atoms with van der Waals surface area (Å²) in [5.41, 5.74) is 1.88. The lowest BCUT2D eigenvalue weighted by atomic mass is 10.1. The summed E-state index contributed by atoms with van der Waals surface area (Å²) < 4.78 is 5.68. The molecule has 0 aliphatic carbocycles. The third kappa shape index (κ3) is 3.76. The third-order valence-corrected chi connectivity index (χ3v) is 5.04. The maximum Gasteiger partial charge on any atom is 0.252 e. The van der Waals surface area contributed by atoms with E-state index in [0.717, 1.165) is 42.6 Å². The number of pyridine rings is 1. The van der Waals surface area contributed by atoms with Crippen LogP contribution in [0.3, 0.4) is 0 Å². The van der Waals surface area contributed by atoms with Gasteiger partial charge in [-0.1, -0.05) is 18.2 Å². The third-order valence-electron chi connectivity index (χ3n) is 5.04. The van der Waals surface area contributed by atoms with E-state index >= 15 is 0 Å². The maximum atomic E-state index is 12.9. The van der Waals surface area contributed by atoms with Crippen LogP contribution >= 0.6 is 0 Å². The molecule has 0 unspecified atom stereocenters. The van der Waals surface area contributed by atoms with E-state index in [9.17, 15) is 9.59 Å². The first-order valence-corrected chi connectivity index (χ1v) is 9.64. The molecule has 28 heavy (non-hydrogen) atoms. The summed E-state index contributed by atoms with van der Waals surface area (Å²) >= 11 is 0.